The third-order valence-electron chi connectivity index (χ3n) is 3.88. The van der Waals surface area contributed by atoms with Gasteiger partial charge in [-0.15, -0.1) is 0 Å². The minimum Gasteiger partial charge on any atom is -0.344 e. The van der Waals surface area contributed by atoms with E-state index >= 15 is 0 Å². The van der Waals surface area contributed by atoms with E-state index in [-0.39, 0.29) is 18.4 Å². The Bertz CT molecular complexity index is 476. The van der Waals surface area contributed by atoms with Crippen LogP contribution >= 0.6 is 0 Å². The fourth-order valence-corrected chi connectivity index (χ4v) is 2.46. The van der Waals surface area contributed by atoms with Crippen LogP contribution < -0.4 is 0 Å². The third kappa shape index (κ3) is 4.85. The Hall–Kier alpha value is -1.91. The van der Waals surface area contributed by atoms with Crippen molar-refractivity contribution in [3.63, 3.8) is 0 Å². The topological polar surface area (TPSA) is 53.5 Å². The van der Waals surface area contributed by atoms with E-state index in [0.29, 0.717) is 19.5 Å². The molecule has 2 rings (SSSR count). The van der Waals surface area contributed by atoms with Crippen molar-refractivity contribution in [1.82, 2.24) is 14.8 Å². The first-order valence-corrected chi connectivity index (χ1v) is 7.57. The molecule has 1 fully saturated rings. The van der Waals surface area contributed by atoms with Crippen LogP contribution in [0.4, 0.5) is 0 Å². The molecule has 0 spiro atoms. The van der Waals surface area contributed by atoms with Crippen molar-refractivity contribution in [2.75, 3.05) is 26.7 Å². The molecule has 114 valence electrons. The van der Waals surface area contributed by atoms with Gasteiger partial charge in [-0.05, 0) is 30.9 Å². The van der Waals surface area contributed by atoms with E-state index in [4.69, 9.17) is 0 Å². The molecule has 2 heterocycles. The van der Waals surface area contributed by atoms with Crippen LogP contribution in [0.3, 0.4) is 0 Å². The lowest BCUT2D eigenvalue weighted by Crippen LogP contribution is -2.41. The molecule has 2 amide bonds. The van der Waals surface area contributed by atoms with Gasteiger partial charge in [0, 0.05) is 39.0 Å². The van der Waals surface area contributed by atoms with Crippen LogP contribution in [-0.2, 0) is 16.0 Å². The van der Waals surface area contributed by atoms with E-state index < -0.39 is 0 Å². The van der Waals surface area contributed by atoms with E-state index in [1.165, 1.54) is 0 Å². The number of nitrogens with zero attached hydrogens (tertiary/aromatic N) is 3. The standard InChI is InChI=1S/C16H23N3O2/c1-18(11-8-14-6-5-9-17-12-14)16(21)13-19-10-4-2-3-7-15(19)20/h5-6,9,12H,2-4,7-8,10-11,13H2,1H3. The van der Waals surface area contributed by atoms with Crippen molar-refractivity contribution in [3.8, 4) is 0 Å². The molecule has 0 saturated carbocycles. The second kappa shape index (κ2) is 7.76. The Labute approximate surface area is 126 Å². The molecule has 1 aliphatic heterocycles. The van der Waals surface area contributed by atoms with Crippen molar-refractivity contribution >= 4 is 11.8 Å². The molecule has 1 aromatic rings. The fourth-order valence-electron chi connectivity index (χ4n) is 2.46. The highest BCUT2D eigenvalue weighted by Crippen LogP contribution is 2.11. The molecule has 0 radical (unpaired) electrons. The summed E-state index contributed by atoms with van der Waals surface area (Å²) in [5.41, 5.74) is 1.11. The maximum atomic E-state index is 12.2. The molecule has 21 heavy (non-hydrogen) atoms. The summed E-state index contributed by atoms with van der Waals surface area (Å²) in [4.78, 5) is 31.6. The minimum atomic E-state index is 0.00846. The summed E-state index contributed by atoms with van der Waals surface area (Å²) in [6, 6.07) is 3.90. The van der Waals surface area contributed by atoms with Gasteiger partial charge < -0.3 is 9.80 Å². The quantitative estimate of drug-likeness (QED) is 0.825. The molecule has 0 atom stereocenters. The number of hydrogen-bond acceptors (Lipinski definition) is 3. The van der Waals surface area contributed by atoms with Gasteiger partial charge in [-0.1, -0.05) is 12.5 Å². The van der Waals surface area contributed by atoms with Gasteiger partial charge in [0.1, 0.15) is 0 Å². The van der Waals surface area contributed by atoms with Gasteiger partial charge in [0.05, 0.1) is 6.54 Å². The van der Waals surface area contributed by atoms with Gasteiger partial charge in [0.15, 0.2) is 0 Å². The highest BCUT2D eigenvalue weighted by atomic mass is 16.2. The molecule has 5 heteroatoms. The Morgan fingerprint density at radius 2 is 2.24 bits per heavy atom. The number of carbonyl (C=O) groups excluding carboxylic acids is 2. The molecule has 1 aromatic heterocycles. The lowest BCUT2D eigenvalue weighted by Gasteiger charge is -2.24. The first kappa shape index (κ1) is 15.5. The van der Waals surface area contributed by atoms with Crippen LogP contribution in [0.1, 0.15) is 31.2 Å². The Morgan fingerprint density at radius 1 is 1.38 bits per heavy atom. The van der Waals surface area contributed by atoms with Crippen LogP contribution in [0.25, 0.3) is 0 Å². The van der Waals surface area contributed by atoms with E-state index in [9.17, 15) is 9.59 Å². The number of hydrogen-bond donors (Lipinski definition) is 0. The Morgan fingerprint density at radius 3 is 3.00 bits per heavy atom. The molecule has 0 aromatic carbocycles. The second-order valence-corrected chi connectivity index (χ2v) is 5.55. The minimum absolute atomic E-state index is 0.00846. The summed E-state index contributed by atoms with van der Waals surface area (Å²) in [7, 11) is 1.79. The van der Waals surface area contributed by atoms with Crippen molar-refractivity contribution in [3.05, 3.63) is 30.1 Å². The molecule has 1 aliphatic rings. The van der Waals surface area contributed by atoms with Crippen LogP contribution in [0, 0.1) is 0 Å². The SMILES string of the molecule is CN(CCc1cccnc1)C(=O)CN1CCCCCC1=O. The molecule has 1 saturated heterocycles. The van der Waals surface area contributed by atoms with E-state index in [1.807, 2.05) is 18.3 Å². The first-order valence-electron chi connectivity index (χ1n) is 7.57. The zero-order valence-electron chi connectivity index (χ0n) is 12.6. The number of likely N-dealkylation sites (N-methyl/N-ethyl adjacent to an activating group) is 1. The lowest BCUT2D eigenvalue weighted by molar-refractivity contribution is -0.139. The number of aromatic nitrogens is 1. The Kier molecular flexibility index (Phi) is 5.72. The number of pyridine rings is 1. The largest absolute Gasteiger partial charge is 0.344 e. The van der Waals surface area contributed by atoms with Crippen LogP contribution in [-0.4, -0.2) is 53.3 Å². The van der Waals surface area contributed by atoms with Gasteiger partial charge in [-0.2, -0.15) is 0 Å². The van der Waals surface area contributed by atoms with E-state index in [0.717, 1.165) is 31.2 Å². The van der Waals surface area contributed by atoms with E-state index in [1.54, 1.807) is 23.0 Å². The maximum Gasteiger partial charge on any atom is 0.241 e. The molecule has 0 bridgehead atoms. The van der Waals surface area contributed by atoms with Crippen molar-refractivity contribution in [1.29, 1.82) is 0 Å². The average molecular weight is 289 g/mol. The summed E-state index contributed by atoms with van der Waals surface area (Å²) in [6.45, 7) is 1.57. The fraction of sp³-hybridized carbons (Fsp3) is 0.562. The van der Waals surface area contributed by atoms with Crippen molar-refractivity contribution < 1.29 is 9.59 Å². The van der Waals surface area contributed by atoms with Gasteiger partial charge in [-0.25, -0.2) is 0 Å². The third-order valence-corrected chi connectivity index (χ3v) is 3.88. The molecule has 0 unspecified atom stereocenters. The summed E-state index contributed by atoms with van der Waals surface area (Å²) < 4.78 is 0. The first-order chi connectivity index (χ1) is 10.2. The van der Waals surface area contributed by atoms with Crippen LogP contribution in [0.2, 0.25) is 0 Å². The normalized spacial score (nSPS) is 15.7. The van der Waals surface area contributed by atoms with Gasteiger partial charge in [-0.3, -0.25) is 14.6 Å². The second-order valence-electron chi connectivity index (χ2n) is 5.55. The van der Waals surface area contributed by atoms with Crippen molar-refractivity contribution in [2.24, 2.45) is 0 Å². The highest BCUT2D eigenvalue weighted by Gasteiger charge is 2.20. The average Bonchev–Trinajstić information content (AvgIpc) is 2.71. The van der Waals surface area contributed by atoms with Crippen LogP contribution in [0.5, 0.6) is 0 Å². The number of carbonyl (C=O) groups is 2. The summed E-state index contributed by atoms with van der Waals surface area (Å²) >= 11 is 0. The monoisotopic (exact) mass is 289 g/mol. The molecule has 5 nitrogen and oxygen atoms in total. The number of likely N-dealkylation sites (tertiary alicyclic amines) is 1. The summed E-state index contributed by atoms with van der Waals surface area (Å²) in [5.74, 6) is 0.121. The molecule has 0 N–H and O–H groups in total. The maximum absolute atomic E-state index is 12.2. The smallest absolute Gasteiger partial charge is 0.241 e. The Balaban J connectivity index is 1.80. The molecule has 0 aliphatic carbocycles. The zero-order valence-corrected chi connectivity index (χ0v) is 12.6. The summed E-state index contributed by atoms with van der Waals surface area (Å²) in [6.07, 6.45) is 7.93. The van der Waals surface area contributed by atoms with Gasteiger partial charge >= 0.3 is 0 Å². The molecular formula is C16H23N3O2. The number of amides is 2. The summed E-state index contributed by atoms with van der Waals surface area (Å²) in [5, 5.41) is 0. The van der Waals surface area contributed by atoms with Crippen LogP contribution in [0.15, 0.2) is 24.5 Å². The van der Waals surface area contributed by atoms with Gasteiger partial charge in [0.2, 0.25) is 11.8 Å². The van der Waals surface area contributed by atoms with Gasteiger partial charge in [0.25, 0.3) is 0 Å². The highest BCUT2D eigenvalue weighted by molar-refractivity contribution is 5.84. The van der Waals surface area contributed by atoms with E-state index in [2.05, 4.69) is 4.98 Å². The predicted octanol–water partition coefficient (Wildman–Crippen LogP) is 1.49. The predicted molar refractivity (Wildman–Crippen MR) is 80.6 cm³/mol. The lowest BCUT2D eigenvalue weighted by atomic mass is 10.2. The zero-order chi connectivity index (χ0) is 15.1. The molecular weight excluding hydrogens is 266 g/mol. The van der Waals surface area contributed by atoms with Crippen molar-refractivity contribution in [2.45, 2.75) is 32.1 Å². The number of rotatable bonds is 5.